The van der Waals surface area contributed by atoms with Crippen LogP contribution in [0, 0.1) is 5.92 Å². The van der Waals surface area contributed by atoms with Crippen LogP contribution in [-0.2, 0) is 36.8 Å². The number of hydrogen-bond acceptors (Lipinski definition) is 7. The molecule has 3 amide bonds. The minimum absolute atomic E-state index is 0.159. The average Bonchev–Trinajstić information content (AvgIpc) is 3.62. The number of carbonyl (C=O) groups excluding carboxylic acids is 5. The van der Waals surface area contributed by atoms with E-state index in [1.54, 1.807) is 36.1 Å². The predicted molar refractivity (Wildman–Crippen MR) is 185 cm³/mol. The normalized spacial score (nSPS) is 23.6. The highest BCUT2D eigenvalue weighted by atomic mass is 16.5. The van der Waals surface area contributed by atoms with Gasteiger partial charge in [-0.25, -0.2) is 4.79 Å². The van der Waals surface area contributed by atoms with Crippen molar-refractivity contribution in [1.29, 1.82) is 0 Å². The molecule has 49 heavy (non-hydrogen) atoms. The van der Waals surface area contributed by atoms with Crippen molar-refractivity contribution in [2.45, 2.75) is 76.0 Å². The van der Waals surface area contributed by atoms with Gasteiger partial charge in [0.2, 0.25) is 17.7 Å². The lowest BCUT2D eigenvalue weighted by Crippen LogP contribution is -2.58. The first-order chi connectivity index (χ1) is 23.8. The third kappa shape index (κ3) is 9.85. The number of nitrogens with zero attached hydrogens (tertiary/aromatic N) is 1. The number of carbonyl (C=O) groups is 5. The smallest absolute Gasteiger partial charge is 0.338 e. The number of fused-ring (bicyclic) bond motifs is 1. The van der Waals surface area contributed by atoms with Crippen LogP contribution in [0.2, 0.25) is 0 Å². The average molecular weight is 667 g/mol. The topological polar surface area (TPSA) is 134 Å². The van der Waals surface area contributed by atoms with E-state index in [-0.39, 0.29) is 31.3 Å². The van der Waals surface area contributed by atoms with Crippen LogP contribution >= 0.6 is 0 Å². The second-order valence-electron chi connectivity index (χ2n) is 12.9. The number of rotatable bonds is 10. The number of amides is 3. The van der Waals surface area contributed by atoms with Crippen LogP contribution in [0.5, 0.6) is 0 Å². The molecule has 3 aromatic rings. The van der Waals surface area contributed by atoms with Gasteiger partial charge in [0.1, 0.15) is 12.1 Å². The number of ketones is 1. The number of unbranched alkanes of at least 4 members (excludes halogenated alkanes) is 1. The van der Waals surface area contributed by atoms with E-state index in [2.05, 4.69) is 16.0 Å². The lowest BCUT2D eigenvalue weighted by molar-refractivity contribution is -0.141. The first kappa shape index (κ1) is 35.5. The molecular formula is C39H46N4O6. The fourth-order valence-corrected chi connectivity index (χ4v) is 6.60. The van der Waals surface area contributed by atoms with Gasteiger partial charge in [-0.2, -0.15) is 0 Å². The Kier molecular flexibility index (Phi) is 12.7. The number of Topliss-reactive ketones (excluding diaryl/α,β-unsaturated/α-hetero) is 1. The molecule has 0 bridgehead atoms. The van der Waals surface area contributed by atoms with Crippen molar-refractivity contribution in [2.75, 3.05) is 19.7 Å². The highest BCUT2D eigenvalue weighted by molar-refractivity contribution is 5.96. The van der Waals surface area contributed by atoms with Crippen molar-refractivity contribution >= 4 is 29.5 Å². The van der Waals surface area contributed by atoms with Gasteiger partial charge in [0.15, 0.2) is 5.78 Å². The molecular weight excluding hydrogens is 620 g/mol. The largest absolute Gasteiger partial charge is 0.462 e. The Hall–Kier alpha value is -4.83. The van der Waals surface area contributed by atoms with Crippen LogP contribution in [0.1, 0.15) is 60.5 Å². The lowest BCUT2D eigenvalue weighted by atomic mass is 9.90. The molecule has 2 aliphatic heterocycles. The van der Waals surface area contributed by atoms with Gasteiger partial charge in [-0.05, 0) is 75.1 Å². The molecule has 2 heterocycles. The first-order valence-corrected chi connectivity index (χ1v) is 17.3. The van der Waals surface area contributed by atoms with E-state index in [9.17, 15) is 24.0 Å². The van der Waals surface area contributed by atoms with Crippen molar-refractivity contribution in [3.8, 4) is 0 Å². The summed E-state index contributed by atoms with van der Waals surface area (Å²) in [5, 5.41) is 9.18. The number of esters is 1. The Morgan fingerprint density at radius 3 is 2.08 bits per heavy atom. The molecule has 3 N–H and O–H groups in total. The second kappa shape index (κ2) is 17.5. The van der Waals surface area contributed by atoms with Crippen molar-refractivity contribution in [3.05, 3.63) is 108 Å². The Balaban J connectivity index is 1.34. The maximum atomic E-state index is 14.2. The molecule has 5 atom stereocenters. The quantitative estimate of drug-likeness (QED) is 0.222. The summed E-state index contributed by atoms with van der Waals surface area (Å²) in [7, 11) is 0. The fourth-order valence-electron chi connectivity index (χ4n) is 6.60. The van der Waals surface area contributed by atoms with E-state index < -0.39 is 47.9 Å². The Bertz CT molecular complexity index is 1570. The van der Waals surface area contributed by atoms with Gasteiger partial charge in [0, 0.05) is 19.0 Å². The zero-order valence-electron chi connectivity index (χ0n) is 28.0. The molecule has 0 radical (unpaired) electrons. The second-order valence-corrected chi connectivity index (χ2v) is 12.9. The number of benzene rings is 3. The third-order valence-electron chi connectivity index (χ3n) is 9.31. The third-order valence-corrected chi connectivity index (χ3v) is 9.31. The molecule has 0 spiro atoms. The van der Waals surface area contributed by atoms with Gasteiger partial charge in [-0.15, -0.1) is 0 Å². The minimum Gasteiger partial charge on any atom is -0.462 e. The molecule has 3 aromatic carbocycles. The number of nitrogens with one attached hydrogen (secondary N) is 3. The monoisotopic (exact) mass is 666 g/mol. The van der Waals surface area contributed by atoms with E-state index in [1.165, 1.54) is 0 Å². The first-order valence-electron chi connectivity index (χ1n) is 17.3. The fraction of sp³-hybridized carbons (Fsp3) is 0.410. The van der Waals surface area contributed by atoms with Gasteiger partial charge in [-0.3, -0.25) is 19.2 Å². The van der Waals surface area contributed by atoms with Gasteiger partial charge < -0.3 is 25.6 Å². The van der Waals surface area contributed by atoms with Gasteiger partial charge in [-0.1, -0.05) is 78.9 Å². The summed E-state index contributed by atoms with van der Waals surface area (Å²) in [5.41, 5.74) is 2.41. The standard InChI is InChI=1S/C39H46N4O6/c1-27-35(44)31(24-28-14-5-2-6-15-28)26-40-33(25-29-16-7-3-8-17-29)38(47)43-22-13-21-34(43)37(46)42-32(36(45)41-27)20-11-12-23-49-39(48)30-18-9-4-10-19-30/h2-10,14-19,27,31-34,40H,11-13,20-26H2,1H3,(H,41,45)(H,42,46)/t27?,31?,32?,33?,34-/m1/s1. The highest BCUT2D eigenvalue weighted by Gasteiger charge is 2.39. The van der Waals surface area contributed by atoms with E-state index in [0.717, 1.165) is 11.1 Å². The van der Waals surface area contributed by atoms with Gasteiger partial charge in [0.05, 0.1) is 24.3 Å². The Morgan fingerprint density at radius 1 is 0.776 bits per heavy atom. The molecule has 2 saturated heterocycles. The maximum Gasteiger partial charge on any atom is 0.338 e. The zero-order valence-corrected chi connectivity index (χ0v) is 28.0. The maximum absolute atomic E-state index is 14.2. The molecule has 2 aliphatic rings. The van der Waals surface area contributed by atoms with E-state index in [1.807, 2.05) is 66.7 Å². The molecule has 0 aliphatic carbocycles. The molecule has 258 valence electrons. The Labute approximate surface area is 288 Å². The van der Waals surface area contributed by atoms with Crippen molar-refractivity contribution in [1.82, 2.24) is 20.9 Å². The lowest BCUT2D eigenvalue weighted by Gasteiger charge is -2.32. The number of ether oxygens (including phenoxy) is 1. The van der Waals surface area contributed by atoms with Crippen LogP contribution in [0.4, 0.5) is 0 Å². The highest BCUT2D eigenvalue weighted by Crippen LogP contribution is 2.22. The molecule has 4 unspecified atom stereocenters. The van der Waals surface area contributed by atoms with Crippen molar-refractivity contribution < 1.29 is 28.7 Å². The van der Waals surface area contributed by atoms with Gasteiger partial charge in [0.25, 0.3) is 0 Å². The van der Waals surface area contributed by atoms with E-state index in [0.29, 0.717) is 50.6 Å². The number of hydrogen-bond donors (Lipinski definition) is 3. The summed E-state index contributed by atoms with van der Waals surface area (Å²) < 4.78 is 5.39. The minimum atomic E-state index is -0.932. The summed E-state index contributed by atoms with van der Waals surface area (Å²) >= 11 is 0. The summed E-state index contributed by atoms with van der Waals surface area (Å²) in [6.07, 6.45) is 3.23. The SMILES string of the molecule is CC1NC(=O)C(CCCCOC(=O)c2ccccc2)NC(=O)[C@H]2CCCN2C(=O)C(Cc2ccccc2)NCC(Cc2ccccc2)C1=O. The van der Waals surface area contributed by atoms with Crippen molar-refractivity contribution in [2.24, 2.45) is 5.92 Å². The molecule has 0 saturated carbocycles. The van der Waals surface area contributed by atoms with Crippen LogP contribution in [0.3, 0.4) is 0 Å². The van der Waals surface area contributed by atoms with Crippen LogP contribution in [-0.4, -0.2) is 78.2 Å². The van der Waals surface area contributed by atoms with Crippen LogP contribution in [0.25, 0.3) is 0 Å². The summed E-state index contributed by atoms with van der Waals surface area (Å²) in [5.74, 6) is -2.15. The van der Waals surface area contributed by atoms with Gasteiger partial charge >= 0.3 is 5.97 Å². The zero-order chi connectivity index (χ0) is 34.6. The molecule has 5 rings (SSSR count). The molecule has 10 nitrogen and oxygen atoms in total. The van der Waals surface area contributed by atoms with Crippen LogP contribution in [0.15, 0.2) is 91.0 Å². The Morgan fingerprint density at radius 2 is 1.41 bits per heavy atom. The predicted octanol–water partition coefficient (Wildman–Crippen LogP) is 3.64. The summed E-state index contributed by atoms with van der Waals surface area (Å²) in [4.78, 5) is 69.5. The molecule has 2 fully saturated rings. The van der Waals surface area contributed by atoms with E-state index in [4.69, 9.17) is 4.74 Å². The van der Waals surface area contributed by atoms with Crippen LogP contribution < -0.4 is 16.0 Å². The van der Waals surface area contributed by atoms with E-state index >= 15 is 0 Å². The summed E-state index contributed by atoms with van der Waals surface area (Å²) in [6.45, 7) is 2.48. The molecule has 0 aromatic heterocycles. The van der Waals surface area contributed by atoms with Crippen molar-refractivity contribution in [3.63, 3.8) is 0 Å². The summed E-state index contributed by atoms with van der Waals surface area (Å²) in [6, 6.07) is 25.0. The molecule has 10 heteroatoms.